The van der Waals surface area contributed by atoms with Gasteiger partial charge in [-0.15, -0.1) is 23.1 Å². The number of aromatic nitrogens is 1. The van der Waals surface area contributed by atoms with Crippen molar-refractivity contribution in [3.63, 3.8) is 0 Å². The van der Waals surface area contributed by atoms with E-state index in [1.165, 1.54) is 11.8 Å². The van der Waals surface area contributed by atoms with E-state index in [1.807, 2.05) is 12.1 Å². The van der Waals surface area contributed by atoms with E-state index >= 15 is 0 Å². The summed E-state index contributed by atoms with van der Waals surface area (Å²) in [6.07, 6.45) is 0. The monoisotopic (exact) mass is 307 g/mol. The van der Waals surface area contributed by atoms with E-state index in [1.54, 1.807) is 23.5 Å². The lowest BCUT2D eigenvalue weighted by molar-refractivity contribution is 0.0693. The lowest BCUT2D eigenvalue weighted by atomic mass is 9.93. The number of carboxylic acids is 1. The normalized spacial score (nSPS) is 11.6. The van der Waals surface area contributed by atoms with Crippen LogP contribution in [-0.4, -0.2) is 16.1 Å². The molecule has 1 aromatic carbocycles. The average Bonchev–Trinajstić information content (AvgIpc) is 2.85. The molecule has 1 aromatic heterocycles. The highest BCUT2D eigenvalue weighted by Crippen LogP contribution is 2.30. The van der Waals surface area contributed by atoms with Crippen LogP contribution in [0.1, 0.15) is 41.8 Å². The Kier molecular flexibility index (Phi) is 4.50. The van der Waals surface area contributed by atoms with Gasteiger partial charge < -0.3 is 5.11 Å². The minimum absolute atomic E-state index is 0.0540. The van der Waals surface area contributed by atoms with E-state index in [0.717, 1.165) is 15.6 Å². The van der Waals surface area contributed by atoms with Gasteiger partial charge in [-0.2, -0.15) is 0 Å². The molecule has 0 aliphatic carbocycles. The van der Waals surface area contributed by atoms with Gasteiger partial charge in [0.25, 0.3) is 0 Å². The van der Waals surface area contributed by atoms with Crippen molar-refractivity contribution >= 4 is 29.1 Å². The molecule has 0 unspecified atom stereocenters. The Morgan fingerprint density at radius 2 is 2.05 bits per heavy atom. The fourth-order valence-corrected chi connectivity index (χ4v) is 3.71. The van der Waals surface area contributed by atoms with Gasteiger partial charge in [-0.1, -0.05) is 32.9 Å². The SMILES string of the molecule is CC(C)(C)c1csc(CSc2ccccc2C(=O)O)n1. The van der Waals surface area contributed by atoms with Crippen molar-refractivity contribution in [3.05, 3.63) is 45.9 Å². The van der Waals surface area contributed by atoms with Crippen LogP contribution in [0.2, 0.25) is 0 Å². The zero-order chi connectivity index (χ0) is 14.8. The standard InChI is InChI=1S/C15H17NO2S2/c1-15(2,3)12-8-20-13(16-12)9-19-11-7-5-4-6-10(11)14(17)18/h4-8H,9H2,1-3H3,(H,17,18). The van der Waals surface area contributed by atoms with Crippen LogP contribution in [0.5, 0.6) is 0 Å². The minimum Gasteiger partial charge on any atom is -0.478 e. The first-order chi connectivity index (χ1) is 9.38. The van der Waals surface area contributed by atoms with Crippen molar-refractivity contribution in [1.29, 1.82) is 0 Å². The topological polar surface area (TPSA) is 50.2 Å². The highest BCUT2D eigenvalue weighted by atomic mass is 32.2. The van der Waals surface area contributed by atoms with Crippen LogP contribution in [0.15, 0.2) is 34.5 Å². The smallest absolute Gasteiger partial charge is 0.336 e. The molecule has 0 saturated carbocycles. The molecule has 1 N–H and O–H groups in total. The number of carbonyl (C=O) groups is 1. The molecule has 2 aromatic rings. The van der Waals surface area contributed by atoms with Crippen LogP contribution < -0.4 is 0 Å². The summed E-state index contributed by atoms with van der Waals surface area (Å²) in [6, 6.07) is 7.07. The Hall–Kier alpha value is -1.33. The summed E-state index contributed by atoms with van der Waals surface area (Å²) in [7, 11) is 0. The summed E-state index contributed by atoms with van der Waals surface area (Å²) in [5, 5.41) is 12.3. The van der Waals surface area contributed by atoms with Crippen LogP contribution >= 0.6 is 23.1 Å². The summed E-state index contributed by atoms with van der Waals surface area (Å²) >= 11 is 3.15. The maximum atomic E-state index is 11.1. The molecule has 0 radical (unpaired) electrons. The molecule has 0 fully saturated rings. The van der Waals surface area contributed by atoms with Gasteiger partial charge in [0, 0.05) is 15.7 Å². The van der Waals surface area contributed by atoms with Gasteiger partial charge in [0.2, 0.25) is 0 Å². The predicted octanol–water partition coefficient (Wildman–Crippen LogP) is 4.43. The van der Waals surface area contributed by atoms with E-state index in [-0.39, 0.29) is 5.41 Å². The molecule has 0 aliphatic rings. The molecule has 0 amide bonds. The fourth-order valence-electron chi connectivity index (χ4n) is 1.63. The van der Waals surface area contributed by atoms with Gasteiger partial charge in [0.05, 0.1) is 17.0 Å². The largest absolute Gasteiger partial charge is 0.478 e. The van der Waals surface area contributed by atoms with E-state index in [9.17, 15) is 4.79 Å². The minimum atomic E-state index is -0.886. The highest BCUT2D eigenvalue weighted by Gasteiger charge is 2.17. The van der Waals surface area contributed by atoms with Crippen molar-refractivity contribution in [2.24, 2.45) is 0 Å². The molecular weight excluding hydrogens is 290 g/mol. The second kappa shape index (κ2) is 5.97. The molecule has 3 nitrogen and oxygen atoms in total. The molecule has 20 heavy (non-hydrogen) atoms. The van der Waals surface area contributed by atoms with Crippen LogP contribution in [0.25, 0.3) is 0 Å². The molecule has 0 spiro atoms. The first kappa shape index (κ1) is 15.1. The molecular formula is C15H17NO2S2. The summed E-state index contributed by atoms with van der Waals surface area (Å²) < 4.78 is 0. The Morgan fingerprint density at radius 1 is 1.35 bits per heavy atom. The average molecular weight is 307 g/mol. The lowest BCUT2D eigenvalue weighted by Gasteiger charge is -2.14. The third-order valence-electron chi connectivity index (χ3n) is 2.79. The Labute approximate surface area is 127 Å². The van der Waals surface area contributed by atoms with Crippen LogP contribution in [0, 0.1) is 0 Å². The van der Waals surface area contributed by atoms with Gasteiger partial charge in [0.15, 0.2) is 0 Å². The molecule has 2 rings (SSSR count). The quantitative estimate of drug-likeness (QED) is 0.849. The van der Waals surface area contributed by atoms with Crippen molar-refractivity contribution < 1.29 is 9.90 Å². The van der Waals surface area contributed by atoms with E-state index in [2.05, 4.69) is 31.1 Å². The maximum absolute atomic E-state index is 11.1. The van der Waals surface area contributed by atoms with Crippen molar-refractivity contribution in [1.82, 2.24) is 4.98 Å². The Bertz CT molecular complexity index is 614. The Morgan fingerprint density at radius 3 is 2.65 bits per heavy atom. The second-order valence-electron chi connectivity index (χ2n) is 5.47. The van der Waals surface area contributed by atoms with Gasteiger partial charge in [-0.3, -0.25) is 0 Å². The third kappa shape index (κ3) is 3.61. The molecule has 0 aliphatic heterocycles. The highest BCUT2D eigenvalue weighted by molar-refractivity contribution is 7.98. The van der Waals surface area contributed by atoms with Crippen LogP contribution in [0.3, 0.4) is 0 Å². The summed E-state index contributed by atoms with van der Waals surface area (Å²) in [5.74, 6) is -0.187. The molecule has 0 atom stereocenters. The number of rotatable bonds is 4. The predicted molar refractivity (Wildman–Crippen MR) is 83.8 cm³/mol. The second-order valence-corrected chi connectivity index (χ2v) is 7.43. The van der Waals surface area contributed by atoms with Crippen molar-refractivity contribution in [3.8, 4) is 0 Å². The van der Waals surface area contributed by atoms with Crippen molar-refractivity contribution in [2.45, 2.75) is 36.8 Å². The van der Waals surface area contributed by atoms with Crippen LogP contribution in [-0.2, 0) is 11.2 Å². The van der Waals surface area contributed by atoms with E-state index < -0.39 is 5.97 Å². The van der Waals surface area contributed by atoms with Gasteiger partial charge in [-0.25, -0.2) is 9.78 Å². The Balaban J connectivity index is 2.10. The van der Waals surface area contributed by atoms with Gasteiger partial charge >= 0.3 is 5.97 Å². The molecule has 106 valence electrons. The molecule has 0 bridgehead atoms. The number of hydrogen-bond donors (Lipinski definition) is 1. The molecule has 5 heteroatoms. The number of benzene rings is 1. The number of carboxylic acid groups (broad SMARTS) is 1. The molecule has 1 heterocycles. The molecule has 0 saturated heterocycles. The number of thiazole rings is 1. The summed E-state index contributed by atoms with van der Waals surface area (Å²) in [5.41, 5.74) is 1.49. The lowest BCUT2D eigenvalue weighted by Crippen LogP contribution is -2.11. The van der Waals surface area contributed by atoms with Crippen LogP contribution in [0.4, 0.5) is 0 Å². The summed E-state index contributed by atoms with van der Waals surface area (Å²) in [6.45, 7) is 6.41. The first-order valence-corrected chi connectivity index (χ1v) is 8.14. The number of aromatic carboxylic acids is 1. The van der Waals surface area contributed by atoms with E-state index in [0.29, 0.717) is 11.3 Å². The van der Waals surface area contributed by atoms with Crippen molar-refractivity contribution in [2.75, 3.05) is 0 Å². The first-order valence-electron chi connectivity index (χ1n) is 6.28. The van der Waals surface area contributed by atoms with Gasteiger partial charge in [-0.05, 0) is 12.1 Å². The number of hydrogen-bond acceptors (Lipinski definition) is 4. The zero-order valence-corrected chi connectivity index (χ0v) is 13.3. The summed E-state index contributed by atoms with van der Waals surface area (Å²) in [4.78, 5) is 16.5. The maximum Gasteiger partial charge on any atom is 0.336 e. The van der Waals surface area contributed by atoms with Gasteiger partial charge in [0.1, 0.15) is 5.01 Å². The number of thioether (sulfide) groups is 1. The third-order valence-corrected chi connectivity index (χ3v) is 4.91. The number of nitrogens with zero attached hydrogens (tertiary/aromatic N) is 1. The fraction of sp³-hybridized carbons (Fsp3) is 0.333. The zero-order valence-electron chi connectivity index (χ0n) is 11.7. The van der Waals surface area contributed by atoms with E-state index in [4.69, 9.17) is 5.11 Å².